The molecule has 2 rings (SSSR count). The number of anilines is 2. The first kappa shape index (κ1) is 8.99. The van der Waals surface area contributed by atoms with Gasteiger partial charge >= 0.3 is 0 Å². The maximum Gasteiger partial charge on any atom is 0.231 e. The molecule has 1 fully saturated rings. The molecule has 1 saturated carbocycles. The smallest absolute Gasteiger partial charge is 0.231 e. The molecule has 74 valence electrons. The molecule has 3 N–H and O–H groups in total. The second kappa shape index (κ2) is 2.97. The van der Waals surface area contributed by atoms with Gasteiger partial charge in [-0.3, -0.25) is 4.79 Å². The molecule has 1 heterocycles. The van der Waals surface area contributed by atoms with E-state index in [1.54, 1.807) is 18.2 Å². The summed E-state index contributed by atoms with van der Waals surface area (Å²) >= 11 is 0. The zero-order valence-corrected chi connectivity index (χ0v) is 8.08. The zero-order valence-electron chi connectivity index (χ0n) is 8.08. The number of nitrogens with zero attached hydrogens (tertiary/aromatic N) is 1. The summed E-state index contributed by atoms with van der Waals surface area (Å²) in [5.41, 5.74) is 5.32. The number of pyridine rings is 1. The molecule has 0 atom stereocenters. The van der Waals surface area contributed by atoms with E-state index in [1.807, 2.05) is 6.92 Å². The molecule has 1 aromatic rings. The van der Waals surface area contributed by atoms with E-state index < -0.39 is 0 Å². The fourth-order valence-electron chi connectivity index (χ4n) is 1.20. The second-order valence-electron chi connectivity index (χ2n) is 3.96. The molecule has 4 heteroatoms. The number of nitrogens with two attached hydrogens (primary N) is 1. The fraction of sp³-hybridized carbons (Fsp3) is 0.400. The minimum Gasteiger partial charge on any atom is -0.384 e. The first-order chi connectivity index (χ1) is 6.60. The molecule has 1 aliphatic rings. The third-order valence-corrected chi connectivity index (χ3v) is 2.56. The SMILES string of the molecule is CC1(C(=O)Nc2cccc(N)n2)CC1. The minimum atomic E-state index is -0.174. The normalized spacial score (nSPS) is 17.5. The van der Waals surface area contributed by atoms with Gasteiger partial charge in [-0.05, 0) is 25.0 Å². The van der Waals surface area contributed by atoms with Gasteiger partial charge in [0.05, 0.1) is 0 Å². The summed E-state index contributed by atoms with van der Waals surface area (Å²) in [5, 5.41) is 2.76. The van der Waals surface area contributed by atoms with E-state index in [-0.39, 0.29) is 11.3 Å². The summed E-state index contributed by atoms with van der Waals surface area (Å²) in [7, 11) is 0. The number of nitrogens with one attached hydrogen (secondary N) is 1. The van der Waals surface area contributed by atoms with Crippen LogP contribution in [0.4, 0.5) is 11.6 Å². The average Bonchev–Trinajstić information content (AvgIpc) is 2.85. The molecule has 1 amide bonds. The molecule has 0 unspecified atom stereocenters. The van der Waals surface area contributed by atoms with Gasteiger partial charge in [-0.2, -0.15) is 0 Å². The largest absolute Gasteiger partial charge is 0.384 e. The number of amides is 1. The standard InChI is InChI=1S/C10H13N3O/c1-10(5-6-10)9(14)13-8-4-2-3-7(11)12-8/h2-4H,5-6H2,1H3,(H3,11,12,13,14). The summed E-state index contributed by atoms with van der Waals surface area (Å²) in [6.45, 7) is 1.95. The number of carbonyl (C=O) groups excluding carboxylic acids is 1. The first-order valence-corrected chi connectivity index (χ1v) is 4.64. The fourth-order valence-corrected chi connectivity index (χ4v) is 1.20. The van der Waals surface area contributed by atoms with Gasteiger partial charge in [0.25, 0.3) is 0 Å². The van der Waals surface area contributed by atoms with Crippen molar-refractivity contribution in [2.45, 2.75) is 19.8 Å². The van der Waals surface area contributed by atoms with Crippen molar-refractivity contribution in [2.75, 3.05) is 11.1 Å². The summed E-state index contributed by atoms with van der Waals surface area (Å²) in [6.07, 6.45) is 1.92. The van der Waals surface area contributed by atoms with Crippen LogP contribution in [-0.2, 0) is 4.79 Å². The second-order valence-corrected chi connectivity index (χ2v) is 3.96. The topological polar surface area (TPSA) is 68.0 Å². The zero-order chi connectivity index (χ0) is 10.2. The highest BCUT2D eigenvalue weighted by Gasteiger charge is 2.44. The molecule has 0 radical (unpaired) electrons. The molecule has 4 nitrogen and oxygen atoms in total. The molecule has 1 aliphatic carbocycles. The highest BCUT2D eigenvalue weighted by molar-refractivity contribution is 5.96. The van der Waals surface area contributed by atoms with Crippen molar-refractivity contribution in [3.8, 4) is 0 Å². The van der Waals surface area contributed by atoms with Crippen LogP contribution in [0.5, 0.6) is 0 Å². The minimum absolute atomic E-state index is 0.0376. The first-order valence-electron chi connectivity index (χ1n) is 4.64. The van der Waals surface area contributed by atoms with E-state index in [2.05, 4.69) is 10.3 Å². The van der Waals surface area contributed by atoms with Gasteiger partial charge in [-0.15, -0.1) is 0 Å². The van der Waals surface area contributed by atoms with Crippen LogP contribution in [0.3, 0.4) is 0 Å². The Balaban J connectivity index is 2.07. The predicted molar refractivity (Wildman–Crippen MR) is 54.6 cm³/mol. The number of carbonyl (C=O) groups is 1. The molecule has 0 aromatic carbocycles. The van der Waals surface area contributed by atoms with Crippen molar-refractivity contribution < 1.29 is 4.79 Å². The van der Waals surface area contributed by atoms with E-state index in [1.165, 1.54) is 0 Å². The van der Waals surface area contributed by atoms with E-state index in [9.17, 15) is 4.79 Å². The summed E-state index contributed by atoms with van der Waals surface area (Å²) < 4.78 is 0. The van der Waals surface area contributed by atoms with Crippen LogP contribution in [0.2, 0.25) is 0 Å². The van der Waals surface area contributed by atoms with Gasteiger partial charge in [0, 0.05) is 5.41 Å². The summed E-state index contributed by atoms with van der Waals surface area (Å²) in [5.74, 6) is 0.988. The third-order valence-electron chi connectivity index (χ3n) is 2.56. The van der Waals surface area contributed by atoms with Gasteiger partial charge in [0.1, 0.15) is 11.6 Å². The predicted octanol–water partition coefficient (Wildman–Crippen LogP) is 1.40. The summed E-state index contributed by atoms with van der Waals surface area (Å²) in [4.78, 5) is 15.6. The number of aromatic nitrogens is 1. The van der Waals surface area contributed by atoms with Crippen molar-refractivity contribution in [1.29, 1.82) is 0 Å². The molecular weight excluding hydrogens is 178 g/mol. The lowest BCUT2D eigenvalue weighted by atomic mass is 10.1. The van der Waals surface area contributed by atoms with E-state index in [0.29, 0.717) is 11.6 Å². The van der Waals surface area contributed by atoms with Crippen LogP contribution in [0.25, 0.3) is 0 Å². The maximum atomic E-state index is 11.6. The summed E-state index contributed by atoms with van der Waals surface area (Å²) in [6, 6.07) is 5.20. The Morgan fingerprint density at radius 2 is 2.29 bits per heavy atom. The molecule has 14 heavy (non-hydrogen) atoms. The molecule has 0 spiro atoms. The van der Waals surface area contributed by atoms with Crippen molar-refractivity contribution in [2.24, 2.45) is 5.41 Å². The monoisotopic (exact) mass is 191 g/mol. The maximum absolute atomic E-state index is 11.6. The Labute approximate surface area is 82.5 Å². The van der Waals surface area contributed by atoms with Gasteiger partial charge in [0.2, 0.25) is 5.91 Å². The Hall–Kier alpha value is -1.58. The van der Waals surface area contributed by atoms with Gasteiger partial charge in [-0.1, -0.05) is 13.0 Å². The lowest BCUT2D eigenvalue weighted by Gasteiger charge is -2.08. The Morgan fingerprint density at radius 1 is 1.57 bits per heavy atom. The molecule has 0 aliphatic heterocycles. The lowest BCUT2D eigenvalue weighted by Crippen LogP contribution is -2.22. The van der Waals surface area contributed by atoms with Crippen LogP contribution in [0.1, 0.15) is 19.8 Å². The van der Waals surface area contributed by atoms with Crippen LogP contribution in [0, 0.1) is 5.41 Å². The quantitative estimate of drug-likeness (QED) is 0.742. The number of rotatable bonds is 2. The van der Waals surface area contributed by atoms with Gasteiger partial charge in [-0.25, -0.2) is 4.98 Å². The van der Waals surface area contributed by atoms with Crippen molar-refractivity contribution in [3.63, 3.8) is 0 Å². The van der Waals surface area contributed by atoms with Crippen LogP contribution >= 0.6 is 0 Å². The Kier molecular flexibility index (Phi) is 1.91. The van der Waals surface area contributed by atoms with E-state index in [4.69, 9.17) is 5.73 Å². The van der Waals surface area contributed by atoms with Crippen molar-refractivity contribution >= 4 is 17.5 Å². The lowest BCUT2D eigenvalue weighted by molar-refractivity contribution is -0.120. The van der Waals surface area contributed by atoms with Crippen molar-refractivity contribution in [3.05, 3.63) is 18.2 Å². The number of nitrogen functional groups attached to an aromatic ring is 1. The van der Waals surface area contributed by atoms with E-state index in [0.717, 1.165) is 12.8 Å². The number of hydrogen-bond acceptors (Lipinski definition) is 3. The molecular formula is C10H13N3O. The molecule has 0 bridgehead atoms. The molecule has 1 aromatic heterocycles. The van der Waals surface area contributed by atoms with Crippen LogP contribution in [0.15, 0.2) is 18.2 Å². The van der Waals surface area contributed by atoms with Crippen LogP contribution in [-0.4, -0.2) is 10.9 Å². The number of hydrogen-bond donors (Lipinski definition) is 2. The van der Waals surface area contributed by atoms with Crippen LogP contribution < -0.4 is 11.1 Å². The molecule has 0 saturated heterocycles. The Morgan fingerprint density at radius 3 is 2.86 bits per heavy atom. The van der Waals surface area contributed by atoms with Gasteiger partial charge < -0.3 is 11.1 Å². The van der Waals surface area contributed by atoms with E-state index >= 15 is 0 Å². The highest BCUT2D eigenvalue weighted by atomic mass is 16.2. The Bertz CT molecular complexity index is 371. The van der Waals surface area contributed by atoms with Crippen molar-refractivity contribution in [1.82, 2.24) is 4.98 Å². The van der Waals surface area contributed by atoms with Gasteiger partial charge in [0.15, 0.2) is 0 Å². The highest BCUT2D eigenvalue weighted by Crippen LogP contribution is 2.45. The third kappa shape index (κ3) is 1.69. The average molecular weight is 191 g/mol.